The number of benzene rings is 1. The van der Waals surface area contributed by atoms with Gasteiger partial charge in [0, 0.05) is 19.0 Å². The molecule has 0 aliphatic heterocycles. The fraction of sp³-hybridized carbons (Fsp3) is 0.462. The van der Waals surface area contributed by atoms with E-state index in [-0.39, 0.29) is 11.7 Å². The normalized spacial score (nSPS) is 13.3. The van der Waals surface area contributed by atoms with Crippen molar-refractivity contribution in [2.75, 3.05) is 13.6 Å². The second-order valence-electron chi connectivity index (χ2n) is 4.69. The lowest BCUT2D eigenvalue weighted by molar-refractivity contribution is -0.274. The van der Waals surface area contributed by atoms with Gasteiger partial charge in [-0.05, 0) is 24.7 Å². The zero-order valence-electron chi connectivity index (χ0n) is 11.3. The summed E-state index contributed by atoms with van der Waals surface area (Å²) >= 11 is 4.90. The predicted octanol–water partition coefficient (Wildman–Crippen LogP) is 2.94. The van der Waals surface area contributed by atoms with Crippen molar-refractivity contribution in [3.63, 3.8) is 0 Å². The van der Waals surface area contributed by atoms with Gasteiger partial charge in [-0.3, -0.25) is 0 Å². The third kappa shape index (κ3) is 6.21. The maximum absolute atomic E-state index is 12.0. The number of hydrogen-bond donors (Lipinski definition) is 1. The summed E-state index contributed by atoms with van der Waals surface area (Å²) in [6.45, 7) is 3.22. The molecule has 1 unspecified atom stereocenters. The maximum atomic E-state index is 12.0. The van der Waals surface area contributed by atoms with E-state index in [1.807, 2.05) is 18.9 Å². The molecule has 1 aromatic carbocycles. The first-order valence-electron chi connectivity index (χ1n) is 6.00. The average Bonchev–Trinajstić information content (AvgIpc) is 2.29. The molecule has 2 N–H and O–H groups in total. The van der Waals surface area contributed by atoms with Gasteiger partial charge in [0.15, 0.2) is 0 Å². The number of nitrogens with two attached hydrogens (primary N) is 1. The van der Waals surface area contributed by atoms with E-state index in [0.717, 1.165) is 5.56 Å². The molecule has 0 amide bonds. The van der Waals surface area contributed by atoms with Crippen LogP contribution in [0, 0.1) is 5.92 Å². The van der Waals surface area contributed by atoms with E-state index in [4.69, 9.17) is 18.0 Å². The van der Waals surface area contributed by atoms with Crippen LogP contribution in [-0.2, 0) is 6.54 Å². The Kier molecular flexibility index (Phi) is 5.76. The van der Waals surface area contributed by atoms with Crippen molar-refractivity contribution in [1.29, 1.82) is 0 Å². The molecule has 0 aliphatic carbocycles. The first-order chi connectivity index (χ1) is 9.17. The Morgan fingerprint density at radius 1 is 1.35 bits per heavy atom. The maximum Gasteiger partial charge on any atom is 0.573 e. The zero-order chi connectivity index (χ0) is 15.3. The lowest BCUT2D eigenvalue weighted by Gasteiger charge is -2.20. The molecule has 0 bridgehead atoms. The SMILES string of the molecule is CC(CN(C)Cc1ccc(OC(F)(F)F)cc1)C(N)=S. The molecule has 112 valence electrons. The van der Waals surface area contributed by atoms with Gasteiger partial charge < -0.3 is 15.4 Å². The van der Waals surface area contributed by atoms with E-state index in [1.54, 1.807) is 12.1 Å². The number of hydrogen-bond acceptors (Lipinski definition) is 3. The second kappa shape index (κ2) is 6.90. The summed E-state index contributed by atoms with van der Waals surface area (Å²) in [5.74, 6) is -0.136. The van der Waals surface area contributed by atoms with Gasteiger partial charge in [-0.2, -0.15) is 0 Å². The van der Waals surface area contributed by atoms with Gasteiger partial charge in [-0.25, -0.2) is 0 Å². The largest absolute Gasteiger partial charge is 0.573 e. The Balaban J connectivity index is 2.55. The van der Waals surface area contributed by atoms with E-state index >= 15 is 0 Å². The Morgan fingerprint density at radius 3 is 2.35 bits per heavy atom. The average molecular weight is 306 g/mol. The monoisotopic (exact) mass is 306 g/mol. The van der Waals surface area contributed by atoms with Crippen molar-refractivity contribution in [1.82, 2.24) is 4.90 Å². The molecule has 1 atom stereocenters. The van der Waals surface area contributed by atoms with Crippen LogP contribution in [0.2, 0.25) is 0 Å². The van der Waals surface area contributed by atoms with Crippen molar-refractivity contribution in [3.05, 3.63) is 29.8 Å². The molecule has 0 spiro atoms. The van der Waals surface area contributed by atoms with Crippen LogP contribution in [0.4, 0.5) is 13.2 Å². The number of alkyl halides is 3. The third-order valence-electron chi connectivity index (χ3n) is 2.68. The first kappa shape index (κ1) is 16.7. The van der Waals surface area contributed by atoms with Gasteiger partial charge in [0.2, 0.25) is 0 Å². The van der Waals surface area contributed by atoms with Crippen LogP contribution in [0.25, 0.3) is 0 Å². The summed E-state index contributed by atoms with van der Waals surface area (Å²) < 4.78 is 39.9. The summed E-state index contributed by atoms with van der Waals surface area (Å²) in [4.78, 5) is 2.45. The Bertz CT molecular complexity index is 448. The standard InChI is InChI=1S/C13H17F3N2OS/c1-9(12(17)20)7-18(2)8-10-3-5-11(6-4-10)19-13(14,15)16/h3-6,9H,7-8H2,1-2H3,(H2,17,20). The number of halogens is 3. The summed E-state index contributed by atoms with van der Waals surface area (Å²) in [5, 5.41) is 0. The van der Waals surface area contributed by atoms with Gasteiger partial charge in [0.1, 0.15) is 5.75 Å². The van der Waals surface area contributed by atoms with Crippen molar-refractivity contribution >= 4 is 17.2 Å². The van der Waals surface area contributed by atoms with Gasteiger partial charge in [0.25, 0.3) is 0 Å². The van der Waals surface area contributed by atoms with Crippen molar-refractivity contribution in [2.24, 2.45) is 11.7 Å². The van der Waals surface area contributed by atoms with Crippen LogP contribution >= 0.6 is 12.2 Å². The van der Waals surface area contributed by atoms with Crippen LogP contribution in [0.15, 0.2) is 24.3 Å². The summed E-state index contributed by atoms with van der Waals surface area (Å²) in [6.07, 6.45) is -4.66. The van der Waals surface area contributed by atoms with Gasteiger partial charge >= 0.3 is 6.36 Å². The zero-order valence-corrected chi connectivity index (χ0v) is 12.1. The Hall–Kier alpha value is -1.34. The molecule has 1 rings (SSSR count). The quantitative estimate of drug-likeness (QED) is 0.820. The highest BCUT2D eigenvalue weighted by molar-refractivity contribution is 7.80. The molecule has 0 saturated carbocycles. The number of nitrogens with zero attached hydrogens (tertiary/aromatic N) is 1. The molecule has 0 aromatic heterocycles. The molecular weight excluding hydrogens is 289 g/mol. The molecule has 0 fully saturated rings. The smallest absolute Gasteiger partial charge is 0.406 e. The van der Waals surface area contributed by atoms with Crippen LogP contribution < -0.4 is 10.5 Å². The fourth-order valence-electron chi connectivity index (χ4n) is 1.73. The van der Waals surface area contributed by atoms with E-state index in [9.17, 15) is 13.2 Å². The topological polar surface area (TPSA) is 38.5 Å². The Labute approximate surface area is 121 Å². The van der Waals surface area contributed by atoms with E-state index in [2.05, 4.69) is 4.74 Å². The molecule has 7 heteroatoms. The van der Waals surface area contributed by atoms with Crippen molar-refractivity contribution in [3.8, 4) is 5.75 Å². The highest BCUT2D eigenvalue weighted by Crippen LogP contribution is 2.23. The summed E-state index contributed by atoms with van der Waals surface area (Å²) in [7, 11) is 1.90. The van der Waals surface area contributed by atoms with Crippen LogP contribution in [0.1, 0.15) is 12.5 Å². The van der Waals surface area contributed by atoms with Gasteiger partial charge in [0.05, 0.1) is 4.99 Å². The highest BCUT2D eigenvalue weighted by atomic mass is 32.1. The van der Waals surface area contributed by atoms with Gasteiger partial charge in [-0.1, -0.05) is 31.3 Å². The van der Waals surface area contributed by atoms with Crippen molar-refractivity contribution in [2.45, 2.75) is 19.8 Å². The molecule has 1 aromatic rings. The van der Waals surface area contributed by atoms with Crippen LogP contribution in [0.5, 0.6) is 5.75 Å². The molecule has 0 heterocycles. The van der Waals surface area contributed by atoms with Crippen molar-refractivity contribution < 1.29 is 17.9 Å². The molecule has 0 saturated heterocycles. The van der Waals surface area contributed by atoms with E-state index in [0.29, 0.717) is 18.1 Å². The van der Waals surface area contributed by atoms with Crippen LogP contribution in [0.3, 0.4) is 0 Å². The number of ether oxygens (including phenoxy) is 1. The molecule has 20 heavy (non-hydrogen) atoms. The van der Waals surface area contributed by atoms with Gasteiger partial charge in [-0.15, -0.1) is 13.2 Å². The highest BCUT2D eigenvalue weighted by Gasteiger charge is 2.30. The lowest BCUT2D eigenvalue weighted by Crippen LogP contribution is -2.31. The third-order valence-corrected chi connectivity index (χ3v) is 3.08. The van der Waals surface area contributed by atoms with Crippen LogP contribution in [-0.4, -0.2) is 29.8 Å². The molecular formula is C13H17F3N2OS. The lowest BCUT2D eigenvalue weighted by atomic mass is 10.1. The minimum atomic E-state index is -4.66. The summed E-state index contributed by atoms with van der Waals surface area (Å²) in [6, 6.07) is 5.80. The van der Waals surface area contributed by atoms with E-state index < -0.39 is 6.36 Å². The molecule has 3 nitrogen and oxygen atoms in total. The number of thiocarbonyl (C=S) groups is 1. The predicted molar refractivity (Wildman–Crippen MR) is 75.4 cm³/mol. The molecule has 0 aliphatic rings. The van der Waals surface area contributed by atoms with E-state index in [1.165, 1.54) is 12.1 Å². The minimum Gasteiger partial charge on any atom is -0.406 e. The Morgan fingerprint density at radius 2 is 1.90 bits per heavy atom. The number of rotatable bonds is 6. The fourth-order valence-corrected chi connectivity index (χ4v) is 1.80. The second-order valence-corrected chi connectivity index (χ2v) is 5.16. The minimum absolute atomic E-state index is 0.0860. The first-order valence-corrected chi connectivity index (χ1v) is 6.41. The summed E-state index contributed by atoms with van der Waals surface area (Å²) in [5.41, 5.74) is 6.42. The molecule has 0 radical (unpaired) electrons.